The molecule has 0 atom stereocenters. The molecule has 0 saturated carbocycles. The van der Waals surface area contributed by atoms with Crippen molar-refractivity contribution >= 4 is 20.9 Å². The fraction of sp³-hybridized carbons (Fsp3) is 0. The molecule has 0 nitrogen and oxygen atoms in total. The third-order valence-electron chi connectivity index (χ3n) is 9.86. The van der Waals surface area contributed by atoms with Crippen LogP contribution in [0, 0.1) is 0 Å². The van der Waals surface area contributed by atoms with E-state index in [9.17, 15) is 0 Å². The molecule has 0 unspecified atom stereocenters. The van der Waals surface area contributed by atoms with Crippen LogP contribution >= 0.6 is 20.9 Å². The minimum atomic E-state index is -3.49. The van der Waals surface area contributed by atoms with Crippen LogP contribution in [0.4, 0.5) is 0 Å². The summed E-state index contributed by atoms with van der Waals surface area (Å²) >= 11 is 1.83. The van der Waals surface area contributed by atoms with Gasteiger partial charge in [0.25, 0.3) is 0 Å². The van der Waals surface area contributed by atoms with Gasteiger partial charge in [-0.2, -0.15) is 9.16 Å². The molecule has 50 heavy (non-hydrogen) atoms. The van der Waals surface area contributed by atoms with Crippen molar-refractivity contribution in [3.05, 3.63) is 224 Å². The minimum Gasteiger partial charge on any atom is -0.178 e. The molecular weight excluding hydrogens is 641 g/mol. The lowest BCUT2D eigenvalue weighted by Crippen LogP contribution is -2.22. The molecule has 2 heteroatoms. The molecule has 242 valence electrons. The zero-order chi connectivity index (χ0) is 33.7. The highest BCUT2D eigenvalue weighted by atomic mass is 32.3. The third kappa shape index (κ3) is 5.29. The lowest BCUT2D eigenvalue weighted by atomic mass is 10.0. The van der Waals surface area contributed by atoms with Gasteiger partial charge in [-0.1, -0.05) is 206 Å². The van der Waals surface area contributed by atoms with E-state index in [2.05, 4.69) is 224 Å². The summed E-state index contributed by atoms with van der Waals surface area (Å²) in [6, 6.07) is 82.5. The maximum Gasteiger partial charge on any atom is 0.0200 e. The Morgan fingerprint density at radius 1 is 0.260 bits per heavy atom. The Morgan fingerprint density at radius 3 is 1.06 bits per heavy atom. The maximum atomic E-state index is 2.40. The number of benzene rings is 8. The van der Waals surface area contributed by atoms with Crippen LogP contribution in [-0.4, -0.2) is 0 Å². The van der Waals surface area contributed by atoms with Gasteiger partial charge in [0, 0.05) is 9.79 Å². The molecule has 0 heterocycles. The maximum absolute atomic E-state index is 3.49. The molecule has 0 N–H and O–H groups in total. The Kier molecular flexibility index (Phi) is 8.73. The molecule has 0 aliphatic heterocycles. The summed E-state index contributed by atoms with van der Waals surface area (Å²) in [6.45, 7) is 0. The summed E-state index contributed by atoms with van der Waals surface area (Å²) < 4.78 is 0. The summed E-state index contributed by atoms with van der Waals surface area (Å²) in [5.74, 6) is 0. The van der Waals surface area contributed by atoms with Crippen molar-refractivity contribution < 1.29 is 0 Å². The normalized spacial score (nSPS) is 12.1. The molecule has 0 aromatic heterocycles. The van der Waals surface area contributed by atoms with E-state index >= 15 is 0 Å². The fourth-order valence-electron chi connectivity index (χ4n) is 7.60. The molecule has 8 aromatic rings. The van der Waals surface area contributed by atoms with E-state index in [1.165, 1.54) is 56.5 Å². The lowest BCUT2D eigenvalue weighted by molar-refractivity contribution is 1.14. The quantitative estimate of drug-likeness (QED) is 0.148. The van der Waals surface area contributed by atoms with Gasteiger partial charge >= 0.3 is 0 Å². The van der Waals surface area contributed by atoms with E-state index in [4.69, 9.17) is 0 Å². The van der Waals surface area contributed by atoms with Crippen LogP contribution in [0.3, 0.4) is 0 Å². The first-order chi connectivity index (χ1) is 24.8. The zero-order valence-electron chi connectivity index (χ0n) is 27.7. The second-order valence-corrected chi connectivity index (χ2v) is 18.4. The van der Waals surface area contributed by atoms with Crippen LogP contribution < -0.4 is 0 Å². The molecule has 0 radical (unpaired) electrons. The van der Waals surface area contributed by atoms with Crippen molar-refractivity contribution in [2.45, 2.75) is 34.3 Å². The van der Waals surface area contributed by atoms with Crippen LogP contribution in [0.5, 0.6) is 0 Å². The highest BCUT2D eigenvalue weighted by molar-refractivity contribution is 8.49. The molecule has 0 amide bonds. The Balaban J connectivity index is 1.28. The fourth-order valence-corrected chi connectivity index (χ4v) is 15.4. The van der Waals surface area contributed by atoms with Crippen LogP contribution in [0.1, 0.15) is 0 Å². The first-order valence-corrected chi connectivity index (χ1v) is 20.1. The highest BCUT2D eigenvalue weighted by Gasteiger charge is 2.49. The van der Waals surface area contributed by atoms with Crippen LogP contribution in [0.2, 0.25) is 0 Å². The van der Waals surface area contributed by atoms with E-state index in [1.54, 1.807) is 0 Å². The van der Waals surface area contributed by atoms with Crippen molar-refractivity contribution in [1.29, 1.82) is 0 Å². The Morgan fingerprint density at radius 2 is 0.600 bits per heavy atom. The van der Waals surface area contributed by atoms with Crippen molar-refractivity contribution in [2.75, 3.05) is 0 Å². The largest absolute Gasteiger partial charge is 0.178 e. The Bertz CT molecular complexity index is 2130. The van der Waals surface area contributed by atoms with Gasteiger partial charge in [-0.25, -0.2) is 0 Å². The summed E-state index contributed by atoms with van der Waals surface area (Å²) in [5.41, 5.74) is 4.92. The highest BCUT2D eigenvalue weighted by Crippen LogP contribution is 2.94. The summed E-state index contributed by atoms with van der Waals surface area (Å²) in [5, 5.41) is 0. The van der Waals surface area contributed by atoms with Gasteiger partial charge in [-0.3, -0.25) is 0 Å². The zero-order valence-corrected chi connectivity index (χ0v) is 29.4. The molecule has 0 bridgehead atoms. The van der Waals surface area contributed by atoms with E-state index < -0.39 is 9.16 Å². The molecule has 8 rings (SSSR count). The van der Waals surface area contributed by atoms with E-state index in [-0.39, 0.29) is 0 Å². The second kappa shape index (κ2) is 13.8. The smallest absolute Gasteiger partial charge is 0.0200 e. The predicted octanol–water partition coefficient (Wildman–Crippen LogP) is 13.8. The van der Waals surface area contributed by atoms with Gasteiger partial charge in [0.1, 0.15) is 0 Å². The molecule has 0 spiro atoms. The number of rotatable bonds is 9. The van der Waals surface area contributed by atoms with Gasteiger partial charge in [0.2, 0.25) is 0 Å². The monoisotopic (exact) mass is 678 g/mol. The number of hydrogen-bond donors (Lipinski definition) is 1. The average Bonchev–Trinajstić information content (AvgIpc) is 3.21. The van der Waals surface area contributed by atoms with Crippen LogP contribution in [-0.2, 0) is 0 Å². The lowest BCUT2D eigenvalue weighted by Gasteiger charge is -2.63. The molecule has 0 aliphatic carbocycles. The molecule has 8 aromatic carbocycles. The van der Waals surface area contributed by atoms with Gasteiger partial charge < -0.3 is 0 Å². The molecule has 0 fully saturated rings. The summed E-state index contributed by atoms with van der Waals surface area (Å²) in [4.78, 5) is 9.07. The van der Waals surface area contributed by atoms with Crippen LogP contribution in [0.15, 0.2) is 259 Å². The molecule has 0 saturated heterocycles. The summed E-state index contributed by atoms with van der Waals surface area (Å²) in [7, 11) is -3.49. The van der Waals surface area contributed by atoms with Crippen molar-refractivity contribution in [3.63, 3.8) is 0 Å². The summed E-state index contributed by atoms with van der Waals surface area (Å²) in [6.07, 6.45) is 0. The standard InChI is InChI=1S/C48H38S2/c1-6-18-38(19-7-1)39-30-32-40(33-31-39)47-28-16-17-29-48(47)49-41-34-36-46(37-35-41)50(42-20-8-2-9-21-42,43-22-10-3-11-23-43,44-24-12-4-13-25-44)45-26-14-5-15-27-45/h1-37,50H. The SMILES string of the molecule is c1ccc(-c2ccc(-c3ccccc3Sc3ccc([SH](c4ccccc4)(c4ccccc4)(c4ccccc4)c4ccccc4)cc3)cc2)cc1. The van der Waals surface area contributed by atoms with E-state index in [1.807, 2.05) is 11.8 Å². The van der Waals surface area contributed by atoms with Crippen LogP contribution in [0.25, 0.3) is 22.3 Å². The first-order valence-electron chi connectivity index (χ1n) is 17.0. The van der Waals surface area contributed by atoms with Gasteiger partial charge in [-0.15, -0.1) is 0 Å². The second-order valence-electron chi connectivity index (χ2n) is 12.5. The minimum absolute atomic E-state index is 1.21. The number of thiol groups is 1. The number of hydrogen-bond acceptors (Lipinski definition) is 1. The van der Waals surface area contributed by atoms with Crippen molar-refractivity contribution in [1.82, 2.24) is 0 Å². The predicted molar refractivity (Wildman–Crippen MR) is 214 cm³/mol. The van der Waals surface area contributed by atoms with Crippen molar-refractivity contribution in [2.24, 2.45) is 0 Å². The van der Waals surface area contributed by atoms with E-state index in [0.717, 1.165) is 0 Å². The van der Waals surface area contributed by atoms with Gasteiger partial charge in [0.15, 0.2) is 0 Å². The average molecular weight is 679 g/mol. The Labute approximate surface area is 300 Å². The van der Waals surface area contributed by atoms with Gasteiger partial charge in [0.05, 0.1) is 0 Å². The Hall–Kier alpha value is -5.54. The van der Waals surface area contributed by atoms with Crippen molar-refractivity contribution in [3.8, 4) is 22.3 Å². The molecule has 0 aliphatic rings. The molecular formula is C48H38S2. The third-order valence-corrected chi connectivity index (χ3v) is 17.6. The van der Waals surface area contributed by atoms with Gasteiger partial charge in [-0.05, 0) is 77.1 Å². The first kappa shape index (κ1) is 31.7. The topological polar surface area (TPSA) is 0 Å². The van der Waals surface area contributed by atoms with E-state index in [0.29, 0.717) is 0 Å².